The van der Waals surface area contributed by atoms with E-state index in [1.165, 1.54) is 0 Å². The topological polar surface area (TPSA) is 95.5 Å². The van der Waals surface area contributed by atoms with Gasteiger partial charge in [0.1, 0.15) is 6.04 Å². The van der Waals surface area contributed by atoms with Gasteiger partial charge < -0.3 is 15.7 Å². The monoisotopic (exact) mass is 242 g/mol. The summed E-state index contributed by atoms with van der Waals surface area (Å²) in [6.07, 6.45) is 0.803. The molecule has 0 aliphatic carbocycles. The van der Waals surface area contributed by atoms with Gasteiger partial charge in [-0.05, 0) is 5.92 Å². The highest BCUT2D eigenvalue weighted by Crippen LogP contribution is 2.12. The van der Waals surface area contributed by atoms with Gasteiger partial charge in [-0.25, -0.2) is 4.79 Å². The van der Waals surface area contributed by atoms with E-state index >= 15 is 0 Å². The van der Waals surface area contributed by atoms with Crippen molar-refractivity contribution >= 4 is 17.8 Å². The lowest BCUT2D eigenvalue weighted by molar-refractivity contribution is -0.143. The predicted octanol–water partition coefficient (Wildman–Crippen LogP) is -0.262. The molecule has 6 nitrogen and oxygen atoms in total. The van der Waals surface area contributed by atoms with Crippen LogP contribution in [0.4, 0.5) is 0 Å². The predicted molar refractivity (Wildman–Crippen MR) is 60.1 cm³/mol. The van der Waals surface area contributed by atoms with Crippen molar-refractivity contribution in [2.75, 3.05) is 6.54 Å². The Hall–Kier alpha value is -1.59. The molecule has 1 aliphatic rings. The van der Waals surface area contributed by atoms with Gasteiger partial charge in [-0.3, -0.25) is 9.59 Å². The maximum absolute atomic E-state index is 11.8. The summed E-state index contributed by atoms with van der Waals surface area (Å²) in [5.41, 5.74) is 0. The first-order chi connectivity index (χ1) is 7.95. The molecule has 17 heavy (non-hydrogen) atoms. The number of rotatable bonds is 5. The van der Waals surface area contributed by atoms with Crippen molar-refractivity contribution in [2.45, 2.75) is 32.7 Å². The molecule has 0 aromatic rings. The zero-order valence-electron chi connectivity index (χ0n) is 10.0. The maximum Gasteiger partial charge on any atom is 0.326 e. The fourth-order valence-corrected chi connectivity index (χ4v) is 1.74. The Balaban J connectivity index is 2.58. The molecule has 96 valence electrons. The van der Waals surface area contributed by atoms with E-state index in [4.69, 9.17) is 5.11 Å². The number of carboxylic acid groups (broad SMARTS) is 1. The number of hydrogen-bond donors (Lipinski definition) is 3. The van der Waals surface area contributed by atoms with Crippen LogP contribution in [-0.2, 0) is 14.4 Å². The van der Waals surface area contributed by atoms with E-state index in [0.29, 0.717) is 6.42 Å². The zero-order chi connectivity index (χ0) is 13.0. The molecule has 1 aliphatic heterocycles. The summed E-state index contributed by atoms with van der Waals surface area (Å²) in [4.78, 5) is 33.7. The Bertz CT molecular complexity index is 329. The van der Waals surface area contributed by atoms with Crippen molar-refractivity contribution in [1.82, 2.24) is 10.6 Å². The summed E-state index contributed by atoms with van der Waals surface area (Å²) >= 11 is 0. The second-order valence-corrected chi connectivity index (χ2v) is 4.42. The average molecular weight is 242 g/mol. The second-order valence-electron chi connectivity index (χ2n) is 4.42. The molecule has 6 heteroatoms. The highest BCUT2D eigenvalue weighted by molar-refractivity contribution is 5.91. The van der Waals surface area contributed by atoms with E-state index in [1.54, 1.807) is 6.92 Å². The second kappa shape index (κ2) is 5.65. The van der Waals surface area contributed by atoms with Crippen molar-refractivity contribution in [3.05, 3.63) is 0 Å². The lowest BCUT2D eigenvalue weighted by Crippen LogP contribution is -2.47. The van der Waals surface area contributed by atoms with Gasteiger partial charge in [0, 0.05) is 13.0 Å². The standard InChI is InChI=1S/C11H18N2O4/c1-3-6(2)9(11(16)17)13-10(15)7-4-8(14)12-5-7/h6-7,9H,3-5H2,1-2H3,(H,12,14)(H,13,15)(H,16,17)/t6?,7?,9-/m0/s1. The third kappa shape index (κ3) is 3.44. The molecule has 0 aromatic heterocycles. The number of carbonyl (C=O) groups is 3. The van der Waals surface area contributed by atoms with Crippen LogP contribution in [0.3, 0.4) is 0 Å². The zero-order valence-corrected chi connectivity index (χ0v) is 10.0. The summed E-state index contributed by atoms with van der Waals surface area (Å²) in [7, 11) is 0. The Kier molecular flexibility index (Phi) is 4.48. The van der Waals surface area contributed by atoms with Gasteiger partial charge in [0.15, 0.2) is 0 Å². The number of carboxylic acids is 1. The molecule has 0 bridgehead atoms. The van der Waals surface area contributed by atoms with Crippen LogP contribution in [0.25, 0.3) is 0 Å². The van der Waals surface area contributed by atoms with E-state index in [9.17, 15) is 14.4 Å². The summed E-state index contributed by atoms with van der Waals surface area (Å²) in [5.74, 6) is -2.16. The number of nitrogens with one attached hydrogen (secondary N) is 2. The van der Waals surface area contributed by atoms with Crippen molar-refractivity contribution in [1.29, 1.82) is 0 Å². The van der Waals surface area contributed by atoms with Crippen molar-refractivity contribution in [3.63, 3.8) is 0 Å². The summed E-state index contributed by atoms with van der Waals surface area (Å²) in [6, 6.07) is -0.886. The molecule has 1 fully saturated rings. The Morgan fingerprint density at radius 2 is 2.24 bits per heavy atom. The summed E-state index contributed by atoms with van der Waals surface area (Å²) < 4.78 is 0. The number of aliphatic carboxylic acids is 1. The molecule has 0 aromatic carbocycles. The smallest absolute Gasteiger partial charge is 0.326 e. The van der Waals surface area contributed by atoms with Gasteiger partial charge in [0.05, 0.1) is 5.92 Å². The molecule has 0 saturated carbocycles. The normalized spacial score (nSPS) is 22.7. The van der Waals surface area contributed by atoms with E-state index in [0.717, 1.165) is 0 Å². The third-order valence-electron chi connectivity index (χ3n) is 3.13. The van der Waals surface area contributed by atoms with Crippen LogP contribution < -0.4 is 10.6 Å². The molecular weight excluding hydrogens is 224 g/mol. The van der Waals surface area contributed by atoms with Crippen LogP contribution >= 0.6 is 0 Å². The minimum absolute atomic E-state index is 0.137. The van der Waals surface area contributed by atoms with Crippen LogP contribution in [0.15, 0.2) is 0 Å². The lowest BCUT2D eigenvalue weighted by atomic mass is 9.98. The molecule has 1 heterocycles. The number of amides is 2. The first-order valence-corrected chi connectivity index (χ1v) is 5.75. The molecule has 2 amide bonds. The molecule has 0 radical (unpaired) electrons. The summed E-state index contributed by atoms with van der Waals surface area (Å²) in [6.45, 7) is 3.93. The Morgan fingerprint density at radius 1 is 1.59 bits per heavy atom. The maximum atomic E-state index is 11.8. The highest BCUT2D eigenvalue weighted by Gasteiger charge is 2.32. The summed E-state index contributed by atoms with van der Waals surface area (Å²) in [5, 5.41) is 14.1. The first kappa shape index (κ1) is 13.5. The van der Waals surface area contributed by atoms with Crippen LogP contribution in [0, 0.1) is 11.8 Å². The van der Waals surface area contributed by atoms with Gasteiger partial charge in [0.2, 0.25) is 11.8 Å². The van der Waals surface area contributed by atoms with Gasteiger partial charge in [0.25, 0.3) is 0 Å². The van der Waals surface area contributed by atoms with Gasteiger partial charge in [-0.15, -0.1) is 0 Å². The molecular formula is C11H18N2O4. The fourth-order valence-electron chi connectivity index (χ4n) is 1.74. The molecule has 1 rings (SSSR count). The number of carbonyl (C=O) groups excluding carboxylic acids is 2. The average Bonchev–Trinajstić information content (AvgIpc) is 2.71. The van der Waals surface area contributed by atoms with E-state index in [-0.39, 0.29) is 30.7 Å². The molecule has 3 N–H and O–H groups in total. The van der Waals surface area contributed by atoms with Crippen LogP contribution in [-0.4, -0.2) is 35.5 Å². The minimum atomic E-state index is -1.04. The molecule has 2 unspecified atom stereocenters. The van der Waals surface area contributed by atoms with Gasteiger partial charge >= 0.3 is 5.97 Å². The Labute approximate surface area is 99.8 Å². The van der Waals surface area contributed by atoms with E-state index < -0.39 is 17.9 Å². The quantitative estimate of drug-likeness (QED) is 0.619. The lowest BCUT2D eigenvalue weighted by Gasteiger charge is -2.21. The minimum Gasteiger partial charge on any atom is -0.480 e. The van der Waals surface area contributed by atoms with Crippen molar-refractivity contribution in [3.8, 4) is 0 Å². The first-order valence-electron chi connectivity index (χ1n) is 5.75. The highest BCUT2D eigenvalue weighted by atomic mass is 16.4. The molecule has 0 spiro atoms. The molecule has 3 atom stereocenters. The van der Waals surface area contributed by atoms with Gasteiger partial charge in [-0.2, -0.15) is 0 Å². The fraction of sp³-hybridized carbons (Fsp3) is 0.727. The van der Waals surface area contributed by atoms with E-state index in [1.807, 2.05) is 6.92 Å². The van der Waals surface area contributed by atoms with Crippen molar-refractivity contribution in [2.24, 2.45) is 11.8 Å². The van der Waals surface area contributed by atoms with Crippen LogP contribution in [0.2, 0.25) is 0 Å². The third-order valence-corrected chi connectivity index (χ3v) is 3.13. The van der Waals surface area contributed by atoms with Gasteiger partial charge in [-0.1, -0.05) is 20.3 Å². The largest absolute Gasteiger partial charge is 0.480 e. The molecule has 1 saturated heterocycles. The number of hydrogen-bond acceptors (Lipinski definition) is 3. The van der Waals surface area contributed by atoms with Crippen molar-refractivity contribution < 1.29 is 19.5 Å². The Morgan fingerprint density at radius 3 is 2.65 bits per heavy atom. The van der Waals surface area contributed by atoms with E-state index in [2.05, 4.69) is 10.6 Å². The van der Waals surface area contributed by atoms with Crippen LogP contribution in [0.1, 0.15) is 26.7 Å². The van der Waals surface area contributed by atoms with Crippen LogP contribution in [0.5, 0.6) is 0 Å². The SMILES string of the molecule is CCC(C)[C@H](NC(=O)C1CNC(=O)C1)C(=O)O.